The molecule has 1 aromatic rings. The van der Waals surface area contributed by atoms with Crippen molar-refractivity contribution in [2.45, 2.75) is 30.4 Å². The lowest BCUT2D eigenvalue weighted by atomic mass is 10.4. The second kappa shape index (κ2) is 6.34. The van der Waals surface area contributed by atoms with Gasteiger partial charge in [0.15, 0.2) is 0 Å². The Morgan fingerprint density at radius 1 is 1.65 bits per heavy atom. The summed E-state index contributed by atoms with van der Waals surface area (Å²) in [4.78, 5) is 15.9. The Balaban J connectivity index is 2.77. The summed E-state index contributed by atoms with van der Waals surface area (Å²) in [7, 11) is -1.45. The summed E-state index contributed by atoms with van der Waals surface area (Å²) in [5, 5.41) is 2.09. The van der Waals surface area contributed by atoms with Crippen molar-refractivity contribution in [2.75, 3.05) is 12.3 Å². The summed E-state index contributed by atoms with van der Waals surface area (Å²) in [5.41, 5.74) is 6.02. The molecule has 0 saturated carbocycles. The van der Waals surface area contributed by atoms with E-state index in [9.17, 15) is 9.00 Å². The molecule has 2 atom stereocenters. The van der Waals surface area contributed by atoms with Crippen LogP contribution in [0.1, 0.15) is 20.3 Å². The van der Waals surface area contributed by atoms with E-state index in [1.807, 2.05) is 6.92 Å². The minimum atomic E-state index is -1.45. The summed E-state index contributed by atoms with van der Waals surface area (Å²) in [6.45, 7) is 4.18. The van der Waals surface area contributed by atoms with Gasteiger partial charge in [-0.1, -0.05) is 6.92 Å². The highest BCUT2D eigenvalue weighted by Gasteiger charge is 2.22. The van der Waals surface area contributed by atoms with E-state index in [2.05, 4.69) is 10.3 Å². The molecule has 0 aliphatic heterocycles. The van der Waals surface area contributed by atoms with Gasteiger partial charge in [0, 0.05) is 12.7 Å². The van der Waals surface area contributed by atoms with Gasteiger partial charge in [0.2, 0.25) is 5.91 Å². The maximum Gasteiger partial charge on any atom is 0.235 e. The fourth-order valence-electron chi connectivity index (χ4n) is 1.26. The van der Waals surface area contributed by atoms with Crippen molar-refractivity contribution in [3.63, 3.8) is 0 Å². The summed E-state index contributed by atoms with van der Waals surface area (Å²) in [5.74, 6) is -0.221. The molecule has 0 fully saturated rings. The van der Waals surface area contributed by atoms with Crippen molar-refractivity contribution >= 4 is 22.4 Å². The van der Waals surface area contributed by atoms with Crippen LogP contribution in [0.3, 0.4) is 0 Å². The highest BCUT2D eigenvalue weighted by atomic mass is 32.2. The molecule has 0 bridgehead atoms. The Hall–Kier alpha value is -1.43. The quantitative estimate of drug-likeness (QED) is 0.810. The zero-order chi connectivity index (χ0) is 12.8. The normalized spacial score (nSPS) is 14.0. The fourth-order valence-corrected chi connectivity index (χ4v) is 2.40. The van der Waals surface area contributed by atoms with Gasteiger partial charge in [0.05, 0.1) is 27.6 Å². The number of nitrogens with zero attached hydrogens (tertiary/aromatic N) is 1. The first-order valence-corrected chi connectivity index (χ1v) is 6.67. The first kappa shape index (κ1) is 13.6. The standard InChI is InChI=1S/C11H17N3O2S/c1-3-5-14-11(15)8(2)17(16)10-4-6-13-7-9(10)12/h4,6-8H,3,5,12H2,1-2H3,(H,14,15). The second-order valence-corrected chi connectivity index (χ2v) is 5.39. The zero-order valence-electron chi connectivity index (χ0n) is 9.97. The Morgan fingerprint density at radius 2 is 2.35 bits per heavy atom. The van der Waals surface area contributed by atoms with E-state index >= 15 is 0 Å². The maximum atomic E-state index is 12.1. The number of nitrogens with two attached hydrogens (primary N) is 1. The largest absolute Gasteiger partial charge is 0.396 e. The molecule has 0 spiro atoms. The van der Waals surface area contributed by atoms with E-state index in [0.717, 1.165) is 6.42 Å². The van der Waals surface area contributed by atoms with Crippen molar-refractivity contribution in [3.05, 3.63) is 18.5 Å². The molecule has 0 aliphatic carbocycles. The monoisotopic (exact) mass is 255 g/mol. The zero-order valence-corrected chi connectivity index (χ0v) is 10.8. The SMILES string of the molecule is CCCNC(=O)C(C)S(=O)c1ccncc1N. The summed E-state index contributed by atoms with van der Waals surface area (Å²) in [6, 6.07) is 1.58. The number of carbonyl (C=O) groups is 1. The van der Waals surface area contributed by atoms with Gasteiger partial charge in [-0.2, -0.15) is 0 Å². The van der Waals surface area contributed by atoms with Crippen LogP contribution in [0.5, 0.6) is 0 Å². The number of nitrogen functional groups attached to an aromatic ring is 1. The van der Waals surface area contributed by atoms with Crippen molar-refractivity contribution < 1.29 is 9.00 Å². The summed E-state index contributed by atoms with van der Waals surface area (Å²) < 4.78 is 12.1. The second-order valence-electron chi connectivity index (χ2n) is 3.64. The van der Waals surface area contributed by atoms with Crippen LogP contribution in [-0.2, 0) is 15.6 Å². The van der Waals surface area contributed by atoms with E-state index in [1.165, 1.54) is 12.4 Å². The highest BCUT2D eigenvalue weighted by molar-refractivity contribution is 7.86. The summed E-state index contributed by atoms with van der Waals surface area (Å²) >= 11 is 0. The topological polar surface area (TPSA) is 85.1 Å². The van der Waals surface area contributed by atoms with Crippen LogP contribution in [0, 0.1) is 0 Å². The first-order chi connectivity index (χ1) is 8.07. The molecule has 3 N–H and O–H groups in total. The van der Waals surface area contributed by atoms with Crippen molar-refractivity contribution in [3.8, 4) is 0 Å². The van der Waals surface area contributed by atoms with Gasteiger partial charge in [0.1, 0.15) is 5.25 Å². The molecular formula is C11H17N3O2S. The Kier molecular flexibility index (Phi) is 5.09. The molecule has 0 aliphatic rings. The molecule has 1 heterocycles. The van der Waals surface area contributed by atoms with E-state index in [1.54, 1.807) is 13.0 Å². The van der Waals surface area contributed by atoms with Crippen LogP contribution in [0.2, 0.25) is 0 Å². The van der Waals surface area contributed by atoms with E-state index in [-0.39, 0.29) is 5.91 Å². The number of rotatable bonds is 5. The lowest BCUT2D eigenvalue weighted by molar-refractivity contribution is -0.120. The van der Waals surface area contributed by atoms with Crippen molar-refractivity contribution in [1.29, 1.82) is 0 Å². The molecule has 0 aromatic carbocycles. The van der Waals surface area contributed by atoms with E-state index < -0.39 is 16.0 Å². The highest BCUT2D eigenvalue weighted by Crippen LogP contribution is 2.17. The molecule has 1 amide bonds. The first-order valence-electron chi connectivity index (χ1n) is 5.45. The van der Waals surface area contributed by atoms with E-state index in [4.69, 9.17) is 5.73 Å². The molecule has 0 saturated heterocycles. The molecule has 6 heteroatoms. The number of nitrogens with one attached hydrogen (secondary N) is 1. The molecule has 94 valence electrons. The number of aromatic nitrogens is 1. The molecular weight excluding hydrogens is 238 g/mol. The van der Waals surface area contributed by atoms with Gasteiger partial charge < -0.3 is 11.1 Å². The fraction of sp³-hybridized carbons (Fsp3) is 0.455. The molecule has 0 radical (unpaired) electrons. The van der Waals surface area contributed by atoms with Crippen LogP contribution in [-0.4, -0.2) is 26.9 Å². The molecule has 1 rings (SSSR count). The Morgan fingerprint density at radius 3 is 2.94 bits per heavy atom. The summed E-state index contributed by atoms with van der Waals surface area (Å²) in [6.07, 6.45) is 3.80. The van der Waals surface area contributed by atoms with Gasteiger partial charge in [0.25, 0.3) is 0 Å². The third-order valence-electron chi connectivity index (χ3n) is 2.27. The number of amides is 1. The van der Waals surface area contributed by atoms with Crippen LogP contribution < -0.4 is 11.1 Å². The van der Waals surface area contributed by atoms with Crippen molar-refractivity contribution in [2.24, 2.45) is 0 Å². The van der Waals surface area contributed by atoms with Crippen LogP contribution in [0.25, 0.3) is 0 Å². The van der Waals surface area contributed by atoms with Crippen LogP contribution in [0.4, 0.5) is 5.69 Å². The van der Waals surface area contributed by atoms with Gasteiger partial charge in [-0.25, -0.2) is 0 Å². The number of anilines is 1. The molecule has 1 aromatic heterocycles. The number of carbonyl (C=O) groups excluding carboxylic acids is 1. The van der Waals surface area contributed by atoms with Crippen LogP contribution in [0.15, 0.2) is 23.4 Å². The molecule has 2 unspecified atom stereocenters. The van der Waals surface area contributed by atoms with Gasteiger partial charge in [-0.3, -0.25) is 14.0 Å². The number of hydrogen-bond acceptors (Lipinski definition) is 4. The predicted octanol–water partition coefficient (Wildman–Crippen LogP) is 0.686. The van der Waals surface area contributed by atoms with Gasteiger partial charge >= 0.3 is 0 Å². The average molecular weight is 255 g/mol. The lowest BCUT2D eigenvalue weighted by Crippen LogP contribution is -2.36. The Bertz CT molecular complexity index is 423. The van der Waals surface area contributed by atoms with Gasteiger partial charge in [-0.15, -0.1) is 0 Å². The minimum Gasteiger partial charge on any atom is -0.396 e. The smallest absolute Gasteiger partial charge is 0.235 e. The van der Waals surface area contributed by atoms with Crippen molar-refractivity contribution in [1.82, 2.24) is 10.3 Å². The van der Waals surface area contributed by atoms with E-state index in [0.29, 0.717) is 17.1 Å². The predicted molar refractivity (Wildman–Crippen MR) is 67.8 cm³/mol. The number of hydrogen-bond donors (Lipinski definition) is 2. The third-order valence-corrected chi connectivity index (χ3v) is 3.93. The Labute approximate surface area is 103 Å². The molecule has 17 heavy (non-hydrogen) atoms. The average Bonchev–Trinajstić information content (AvgIpc) is 2.34. The third kappa shape index (κ3) is 3.52. The minimum absolute atomic E-state index is 0.221. The maximum absolute atomic E-state index is 12.1. The van der Waals surface area contributed by atoms with Crippen LogP contribution >= 0.6 is 0 Å². The number of pyridine rings is 1. The van der Waals surface area contributed by atoms with Gasteiger partial charge in [-0.05, 0) is 19.4 Å². The lowest BCUT2D eigenvalue weighted by Gasteiger charge is -2.12. The molecule has 5 nitrogen and oxygen atoms in total.